The van der Waals surface area contributed by atoms with Gasteiger partial charge in [-0.2, -0.15) is 0 Å². The maximum absolute atomic E-state index is 10.7. The Balaban J connectivity index is 2.01. The number of amides is 1. The van der Waals surface area contributed by atoms with E-state index in [1.807, 2.05) is 42.5 Å². The lowest BCUT2D eigenvalue weighted by Gasteiger charge is -2.29. The first-order valence-electron chi connectivity index (χ1n) is 6.10. The van der Waals surface area contributed by atoms with Crippen LogP contribution in [-0.4, -0.2) is 30.0 Å². The van der Waals surface area contributed by atoms with Gasteiger partial charge in [-0.05, 0) is 18.4 Å². The molecule has 0 saturated carbocycles. The lowest BCUT2D eigenvalue weighted by atomic mass is 10.0. The van der Waals surface area contributed by atoms with Crippen LogP contribution in [0.3, 0.4) is 0 Å². The summed E-state index contributed by atoms with van der Waals surface area (Å²) in [7, 11) is 0. The molecule has 1 aromatic carbocycles. The van der Waals surface area contributed by atoms with Crippen molar-refractivity contribution in [1.29, 1.82) is 0 Å². The quantitative estimate of drug-likeness (QED) is 0.862. The van der Waals surface area contributed by atoms with Crippen LogP contribution in [0.5, 0.6) is 0 Å². The minimum atomic E-state index is -0.997. The van der Waals surface area contributed by atoms with Crippen molar-refractivity contribution in [2.45, 2.75) is 25.0 Å². The van der Waals surface area contributed by atoms with E-state index in [9.17, 15) is 4.79 Å². The zero-order chi connectivity index (χ0) is 12.8. The molecule has 0 aromatic heterocycles. The lowest BCUT2D eigenvalue weighted by molar-refractivity contribution is 0.0219. The van der Waals surface area contributed by atoms with Gasteiger partial charge in [-0.15, -0.1) is 0 Å². The lowest BCUT2D eigenvalue weighted by Crippen LogP contribution is -2.45. The molecule has 1 aliphatic heterocycles. The van der Waals surface area contributed by atoms with Crippen LogP contribution < -0.4 is 5.32 Å². The van der Waals surface area contributed by atoms with Crippen LogP contribution in [0.15, 0.2) is 36.4 Å². The fraction of sp³-hybridized carbons (Fsp3) is 0.357. The van der Waals surface area contributed by atoms with E-state index >= 15 is 0 Å². The first-order valence-corrected chi connectivity index (χ1v) is 6.10. The summed E-state index contributed by atoms with van der Waals surface area (Å²) < 4.78 is 5.60. The monoisotopic (exact) mass is 247 g/mol. The molecule has 0 radical (unpaired) electrons. The second-order valence-electron chi connectivity index (χ2n) is 4.30. The average Bonchev–Trinajstić information content (AvgIpc) is 2.38. The van der Waals surface area contributed by atoms with E-state index in [1.165, 1.54) is 0 Å². The summed E-state index contributed by atoms with van der Waals surface area (Å²) in [5.74, 6) is 0. The molecule has 1 aliphatic rings. The maximum atomic E-state index is 10.7. The topological polar surface area (TPSA) is 58.6 Å². The summed E-state index contributed by atoms with van der Waals surface area (Å²) in [6, 6.07) is 9.74. The van der Waals surface area contributed by atoms with Crippen molar-refractivity contribution in [3.05, 3.63) is 42.0 Å². The van der Waals surface area contributed by atoms with Gasteiger partial charge in [-0.1, -0.05) is 42.5 Å². The van der Waals surface area contributed by atoms with Crippen LogP contribution in [0.4, 0.5) is 4.79 Å². The van der Waals surface area contributed by atoms with Crippen molar-refractivity contribution in [2.75, 3.05) is 6.61 Å². The zero-order valence-corrected chi connectivity index (χ0v) is 10.1. The molecule has 1 fully saturated rings. The van der Waals surface area contributed by atoms with Gasteiger partial charge in [0.1, 0.15) is 0 Å². The van der Waals surface area contributed by atoms with Crippen molar-refractivity contribution in [3.63, 3.8) is 0 Å². The van der Waals surface area contributed by atoms with E-state index in [0.29, 0.717) is 6.61 Å². The number of rotatable bonds is 3. The fourth-order valence-corrected chi connectivity index (χ4v) is 2.08. The maximum Gasteiger partial charge on any atom is 0.404 e. The second kappa shape index (κ2) is 6.21. The highest BCUT2D eigenvalue weighted by atomic mass is 16.5. The van der Waals surface area contributed by atoms with Gasteiger partial charge in [0.05, 0.1) is 12.1 Å². The Morgan fingerprint density at radius 2 is 2.17 bits per heavy atom. The van der Waals surface area contributed by atoms with Gasteiger partial charge in [-0.3, -0.25) is 0 Å². The molecule has 1 saturated heterocycles. The number of carboxylic acid groups (broad SMARTS) is 1. The third kappa shape index (κ3) is 3.60. The van der Waals surface area contributed by atoms with Crippen LogP contribution in [0.1, 0.15) is 18.4 Å². The molecule has 0 bridgehead atoms. The first kappa shape index (κ1) is 12.6. The molecule has 2 N–H and O–H groups in total. The molecule has 4 heteroatoms. The van der Waals surface area contributed by atoms with Gasteiger partial charge >= 0.3 is 6.09 Å². The minimum absolute atomic E-state index is 0.156. The van der Waals surface area contributed by atoms with Gasteiger partial charge in [-0.25, -0.2) is 4.79 Å². The largest absolute Gasteiger partial charge is 0.465 e. The van der Waals surface area contributed by atoms with Gasteiger partial charge in [0.25, 0.3) is 0 Å². The zero-order valence-electron chi connectivity index (χ0n) is 10.1. The third-order valence-electron chi connectivity index (χ3n) is 2.95. The summed E-state index contributed by atoms with van der Waals surface area (Å²) in [4.78, 5) is 10.7. The Morgan fingerprint density at radius 1 is 1.39 bits per heavy atom. The van der Waals surface area contributed by atoms with Crippen molar-refractivity contribution < 1.29 is 14.6 Å². The molecule has 2 rings (SSSR count). The molecule has 0 aliphatic carbocycles. The third-order valence-corrected chi connectivity index (χ3v) is 2.95. The summed E-state index contributed by atoms with van der Waals surface area (Å²) >= 11 is 0. The molecule has 96 valence electrons. The SMILES string of the molecule is O=C(O)N[C@@H]1CCCO[C@@H]1C=Cc1ccccc1. The van der Waals surface area contributed by atoms with Crippen molar-refractivity contribution in [1.82, 2.24) is 5.32 Å². The van der Waals surface area contributed by atoms with Crippen LogP contribution >= 0.6 is 0 Å². The highest BCUT2D eigenvalue weighted by Crippen LogP contribution is 2.16. The van der Waals surface area contributed by atoms with E-state index in [4.69, 9.17) is 9.84 Å². The summed E-state index contributed by atoms with van der Waals surface area (Å²) in [6.07, 6.45) is 4.41. The van der Waals surface area contributed by atoms with E-state index in [0.717, 1.165) is 18.4 Å². The molecule has 1 amide bonds. The summed E-state index contributed by atoms with van der Waals surface area (Å²) in [5, 5.41) is 11.3. The normalized spacial score (nSPS) is 24.0. The van der Waals surface area contributed by atoms with Crippen molar-refractivity contribution >= 4 is 12.2 Å². The van der Waals surface area contributed by atoms with Crippen LogP contribution in [0.25, 0.3) is 6.08 Å². The number of carbonyl (C=O) groups is 1. The fourth-order valence-electron chi connectivity index (χ4n) is 2.08. The Hall–Kier alpha value is -1.81. The number of hydrogen-bond acceptors (Lipinski definition) is 2. The minimum Gasteiger partial charge on any atom is -0.465 e. The Morgan fingerprint density at radius 3 is 2.89 bits per heavy atom. The summed E-state index contributed by atoms with van der Waals surface area (Å²) in [5.41, 5.74) is 1.08. The van der Waals surface area contributed by atoms with Gasteiger partial charge in [0.2, 0.25) is 0 Å². The smallest absolute Gasteiger partial charge is 0.404 e. The molecular formula is C14H17NO3. The molecule has 0 unspecified atom stereocenters. The summed E-state index contributed by atoms with van der Waals surface area (Å²) in [6.45, 7) is 0.682. The number of ether oxygens (including phenoxy) is 1. The highest BCUT2D eigenvalue weighted by molar-refractivity contribution is 5.65. The van der Waals surface area contributed by atoms with E-state index in [1.54, 1.807) is 0 Å². The van der Waals surface area contributed by atoms with E-state index in [-0.39, 0.29) is 12.1 Å². The molecule has 1 heterocycles. The predicted molar refractivity (Wildman–Crippen MR) is 69.4 cm³/mol. The molecule has 0 spiro atoms. The molecule has 18 heavy (non-hydrogen) atoms. The standard InChI is InChI=1S/C14H17NO3/c16-14(17)15-12-7-4-10-18-13(12)9-8-11-5-2-1-3-6-11/h1-3,5-6,8-9,12-13,15H,4,7,10H2,(H,16,17)/t12-,13-/m1/s1. The van der Waals surface area contributed by atoms with Gasteiger partial charge in [0.15, 0.2) is 0 Å². The van der Waals surface area contributed by atoms with Gasteiger partial charge < -0.3 is 15.2 Å². The van der Waals surface area contributed by atoms with E-state index < -0.39 is 6.09 Å². The molecule has 1 aromatic rings. The number of hydrogen-bond donors (Lipinski definition) is 2. The molecular weight excluding hydrogens is 230 g/mol. The highest BCUT2D eigenvalue weighted by Gasteiger charge is 2.24. The molecule has 4 nitrogen and oxygen atoms in total. The van der Waals surface area contributed by atoms with Crippen molar-refractivity contribution in [2.24, 2.45) is 0 Å². The second-order valence-corrected chi connectivity index (χ2v) is 4.30. The predicted octanol–water partition coefficient (Wildman–Crippen LogP) is 2.52. The Labute approximate surface area is 106 Å². The molecule has 2 atom stereocenters. The van der Waals surface area contributed by atoms with Crippen LogP contribution in [0.2, 0.25) is 0 Å². The van der Waals surface area contributed by atoms with Crippen LogP contribution in [0, 0.1) is 0 Å². The van der Waals surface area contributed by atoms with Crippen molar-refractivity contribution in [3.8, 4) is 0 Å². The number of nitrogens with one attached hydrogen (secondary N) is 1. The van der Waals surface area contributed by atoms with Gasteiger partial charge in [0, 0.05) is 6.61 Å². The first-order chi connectivity index (χ1) is 8.75. The van der Waals surface area contributed by atoms with E-state index in [2.05, 4.69) is 5.32 Å². The Kier molecular flexibility index (Phi) is 4.36. The van der Waals surface area contributed by atoms with Crippen LogP contribution in [-0.2, 0) is 4.74 Å². The number of benzene rings is 1. The average molecular weight is 247 g/mol. The Bertz CT molecular complexity index is 416.